The van der Waals surface area contributed by atoms with E-state index in [0.717, 1.165) is 5.56 Å². The average Bonchev–Trinajstić information content (AvgIpc) is 3.11. The van der Waals surface area contributed by atoms with Gasteiger partial charge in [0.05, 0.1) is 4.90 Å². The van der Waals surface area contributed by atoms with Crippen LogP contribution in [0.2, 0.25) is 5.02 Å². The minimum absolute atomic E-state index is 0.0196. The number of nitrogens with one attached hydrogen (secondary N) is 1. The average molecular weight is 476 g/mol. The maximum Gasteiger partial charge on any atom is 0.242 e. The van der Waals surface area contributed by atoms with Crippen LogP contribution in [-0.2, 0) is 26.0 Å². The molecule has 0 saturated carbocycles. The minimum atomic E-state index is -3.96. The van der Waals surface area contributed by atoms with Gasteiger partial charge in [0.1, 0.15) is 12.3 Å². The standard InChI is InChI=1S/C23H26ClN3O4S/c1-4-26(5-2)23(29)14-27-13-21(18-8-6-7-9-20(18)27)32(30,31)15-22(28)25-17-11-10-16(3)19(24)12-17/h6-13H,4-5,14-15H2,1-3H3,(H,25,28). The lowest BCUT2D eigenvalue weighted by Crippen LogP contribution is -2.33. The molecule has 0 fully saturated rings. The van der Waals surface area contributed by atoms with E-state index < -0.39 is 21.5 Å². The Bertz CT molecular complexity index is 1260. The van der Waals surface area contributed by atoms with Crippen molar-refractivity contribution in [3.63, 3.8) is 0 Å². The molecule has 0 aliphatic rings. The number of carbonyl (C=O) groups excluding carboxylic acids is 2. The summed E-state index contributed by atoms with van der Waals surface area (Å²) in [4.78, 5) is 26.8. The van der Waals surface area contributed by atoms with E-state index in [1.165, 1.54) is 6.20 Å². The lowest BCUT2D eigenvalue weighted by molar-refractivity contribution is -0.131. The first-order valence-corrected chi connectivity index (χ1v) is 12.3. The van der Waals surface area contributed by atoms with Crippen molar-refractivity contribution >= 4 is 49.8 Å². The second-order valence-electron chi connectivity index (χ2n) is 7.48. The zero-order valence-electron chi connectivity index (χ0n) is 18.3. The number of rotatable bonds is 8. The van der Waals surface area contributed by atoms with Gasteiger partial charge in [0.25, 0.3) is 0 Å². The third-order valence-corrected chi connectivity index (χ3v) is 7.33. The fourth-order valence-electron chi connectivity index (χ4n) is 3.53. The van der Waals surface area contributed by atoms with E-state index in [-0.39, 0.29) is 17.3 Å². The number of hydrogen-bond donors (Lipinski definition) is 1. The molecule has 7 nitrogen and oxygen atoms in total. The zero-order valence-corrected chi connectivity index (χ0v) is 19.8. The van der Waals surface area contributed by atoms with Crippen LogP contribution in [0.5, 0.6) is 0 Å². The number of hydrogen-bond acceptors (Lipinski definition) is 4. The number of halogens is 1. The summed E-state index contributed by atoms with van der Waals surface area (Å²) >= 11 is 6.08. The molecule has 0 aliphatic carbocycles. The van der Waals surface area contributed by atoms with E-state index in [9.17, 15) is 18.0 Å². The minimum Gasteiger partial charge on any atom is -0.342 e. The molecule has 0 unspecified atom stereocenters. The van der Waals surface area contributed by atoms with Gasteiger partial charge >= 0.3 is 0 Å². The smallest absolute Gasteiger partial charge is 0.242 e. The first kappa shape index (κ1) is 23.8. The van der Waals surface area contributed by atoms with Crippen molar-refractivity contribution < 1.29 is 18.0 Å². The van der Waals surface area contributed by atoms with Crippen LogP contribution in [0.1, 0.15) is 19.4 Å². The van der Waals surface area contributed by atoms with Gasteiger partial charge in [-0.3, -0.25) is 9.59 Å². The van der Waals surface area contributed by atoms with Gasteiger partial charge in [-0.25, -0.2) is 8.42 Å². The Morgan fingerprint density at radius 3 is 2.44 bits per heavy atom. The number of benzene rings is 2. The van der Waals surface area contributed by atoms with Gasteiger partial charge in [-0.1, -0.05) is 35.9 Å². The van der Waals surface area contributed by atoms with Gasteiger partial charge in [-0.05, 0) is 44.5 Å². The van der Waals surface area contributed by atoms with Gasteiger partial charge < -0.3 is 14.8 Å². The first-order chi connectivity index (χ1) is 15.2. The summed E-state index contributed by atoms with van der Waals surface area (Å²) in [6.45, 7) is 6.78. The quantitative estimate of drug-likeness (QED) is 0.535. The van der Waals surface area contributed by atoms with Crippen LogP contribution in [0.4, 0.5) is 5.69 Å². The SMILES string of the molecule is CCN(CC)C(=O)Cn1cc(S(=O)(=O)CC(=O)Nc2ccc(C)c(Cl)c2)c2ccccc21. The highest BCUT2D eigenvalue weighted by molar-refractivity contribution is 7.92. The molecular formula is C23H26ClN3O4S. The van der Waals surface area contributed by atoms with E-state index in [1.807, 2.05) is 20.8 Å². The Kier molecular flexibility index (Phi) is 7.26. The van der Waals surface area contributed by atoms with Crippen LogP contribution < -0.4 is 5.32 Å². The lowest BCUT2D eigenvalue weighted by atomic mass is 10.2. The normalized spacial score (nSPS) is 11.5. The highest BCUT2D eigenvalue weighted by atomic mass is 35.5. The lowest BCUT2D eigenvalue weighted by Gasteiger charge is -2.19. The molecule has 3 rings (SSSR count). The monoisotopic (exact) mass is 475 g/mol. The molecule has 2 aromatic carbocycles. The van der Waals surface area contributed by atoms with E-state index in [0.29, 0.717) is 34.7 Å². The maximum atomic E-state index is 13.1. The number of para-hydroxylation sites is 1. The molecule has 0 atom stereocenters. The van der Waals surface area contributed by atoms with Crippen molar-refractivity contribution in [1.82, 2.24) is 9.47 Å². The highest BCUT2D eigenvalue weighted by Gasteiger charge is 2.25. The van der Waals surface area contributed by atoms with E-state index in [1.54, 1.807) is 51.9 Å². The molecule has 32 heavy (non-hydrogen) atoms. The fourth-order valence-corrected chi connectivity index (χ4v) is 5.08. The number of sulfone groups is 1. The second kappa shape index (κ2) is 9.75. The van der Waals surface area contributed by atoms with Crippen LogP contribution in [0.25, 0.3) is 10.9 Å². The van der Waals surface area contributed by atoms with Crippen molar-refractivity contribution in [2.24, 2.45) is 0 Å². The predicted octanol–water partition coefficient (Wildman–Crippen LogP) is 3.88. The van der Waals surface area contributed by atoms with Gasteiger partial charge in [-0.15, -0.1) is 0 Å². The number of anilines is 1. The number of carbonyl (C=O) groups is 2. The number of aryl methyl sites for hydroxylation is 1. The Labute approximate surface area is 192 Å². The van der Waals surface area contributed by atoms with Crippen LogP contribution in [0.3, 0.4) is 0 Å². The number of amides is 2. The van der Waals surface area contributed by atoms with E-state index in [2.05, 4.69) is 5.32 Å². The van der Waals surface area contributed by atoms with Crippen molar-refractivity contribution in [3.8, 4) is 0 Å². The third-order valence-electron chi connectivity index (χ3n) is 5.29. The zero-order chi connectivity index (χ0) is 23.5. The summed E-state index contributed by atoms with van der Waals surface area (Å²) in [7, 11) is -3.96. The Balaban J connectivity index is 1.88. The Hall–Kier alpha value is -2.84. The molecule has 2 amide bonds. The van der Waals surface area contributed by atoms with Gasteiger partial charge in [0.15, 0.2) is 9.84 Å². The van der Waals surface area contributed by atoms with Crippen molar-refractivity contribution in [3.05, 3.63) is 59.2 Å². The number of aromatic nitrogens is 1. The molecule has 0 saturated heterocycles. The Morgan fingerprint density at radius 2 is 1.78 bits per heavy atom. The largest absolute Gasteiger partial charge is 0.342 e. The summed E-state index contributed by atoms with van der Waals surface area (Å²) in [5.41, 5.74) is 1.90. The second-order valence-corrected chi connectivity index (χ2v) is 9.84. The molecule has 9 heteroatoms. The fraction of sp³-hybridized carbons (Fsp3) is 0.304. The third kappa shape index (κ3) is 5.14. The molecule has 0 bridgehead atoms. The molecule has 170 valence electrons. The van der Waals surface area contributed by atoms with Crippen molar-refractivity contribution in [1.29, 1.82) is 0 Å². The predicted molar refractivity (Wildman–Crippen MR) is 127 cm³/mol. The molecule has 0 aliphatic heterocycles. The van der Waals surface area contributed by atoms with Crippen molar-refractivity contribution in [2.75, 3.05) is 24.2 Å². The van der Waals surface area contributed by atoms with Crippen LogP contribution in [0, 0.1) is 6.92 Å². The van der Waals surface area contributed by atoms with E-state index >= 15 is 0 Å². The maximum absolute atomic E-state index is 13.1. The van der Waals surface area contributed by atoms with Crippen LogP contribution in [0.15, 0.2) is 53.6 Å². The molecule has 1 aromatic heterocycles. The first-order valence-electron chi connectivity index (χ1n) is 10.3. The molecule has 0 spiro atoms. The van der Waals surface area contributed by atoms with Gasteiger partial charge in [0.2, 0.25) is 11.8 Å². The summed E-state index contributed by atoms with van der Waals surface area (Å²) in [6.07, 6.45) is 1.44. The molecule has 3 aromatic rings. The molecule has 1 heterocycles. The van der Waals surface area contributed by atoms with Crippen LogP contribution >= 0.6 is 11.6 Å². The summed E-state index contributed by atoms with van der Waals surface area (Å²) in [5, 5.41) is 3.54. The summed E-state index contributed by atoms with van der Waals surface area (Å²) < 4.78 is 27.9. The molecule has 1 N–H and O–H groups in total. The highest BCUT2D eigenvalue weighted by Crippen LogP contribution is 2.27. The van der Waals surface area contributed by atoms with E-state index in [4.69, 9.17) is 11.6 Å². The summed E-state index contributed by atoms with van der Waals surface area (Å²) in [6, 6.07) is 11.9. The summed E-state index contributed by atoms with van der Waals surface area (Å²) in [5.74, 6) is -1.49. The number of nitrogens with zero attached hydrogens (tertiary/aromatic N) is 2. The number of likely N-dealkylation sites (N-methyl/N-ethyl adjacent to an activating group) is 1. The molecular weight excluding hydrogens is 450 g/mol. The molecule has 0 radical (unpaired) electrons. The van der Waals surface area contributed by atoms with Gasteiger partial charge in [-0.2, -0.15) is 0 Å². The number of fused-ring (bicyclic) bond motifs is 1. The Morgan fingerprint density at radius 1 is 1.09 bits per heavy atom. The topological polar surface area (TPSA) is 88.5 Å². The van der Waals surface area contributed by atoms with Crippen LogP contribution in [-0.4, -0.2) is 48.5 Å². The van der Waals surface area contributed by atoms with Crippen molar-refractivity contribution in [2.45, 2.75) is 32.2 Å². The van der Waals surface area contributed by atoms with Gasteiger partial charge in [0, 0.05) is 40.9 Å².